The first-order valence-corrected chi connectivity index (χ1v) is 5.37. The highest BCUT2D eigenvalue weighted by molar-refractivity contribution is 5.81. The highest BCUT2D eigenvalue weighted by Crippen LogP contribution is 2.12. The van der Waals surface area contributed by atoms with Crippen molar-refractivity contribution in [3.63, 3.8) is 0 Å². The van der Waals surface area contributed by atoms with E-state index in [4.69, 9.17) is 10.6 Å². The second-order valence-corrected chi connectivity index (χ2v) is 3.73. The largest absolute Gasteiger partial charge is 0.320 e. The fourth-order valence-corrected chi connectivity index (χ4v) is 1.57. The molecule has 0 saturated heterocycles. The summed E-state index contributed by atoms with van der Waals surface area (Å²) in [7, 11) is 2.98. The van der Waals surface area contributed by atoms with E-state index in [0.717, 1.165) is 16.2 Å². The van der Waals surface area contributed by atoms with Gasteiger partial charge in [0.1, 0.15) is 0 Å². The van der Waals surface area contributed by atoms with Crippen molar-refractivity contribution in [2.75, 3.05) is 14.2 Å². The van der Waals surface area contributed by atoms with Crippen molar-refractivity contribution in [1.82, 2.24) is 5.06 Å². The molecule has 4 nitrogen and oxygen atoms in total. The summed E-state index contributed by atoms with van der Waals surface area (Å²) in [5.41, 5.74) is 7.85. The molecule has 0 aliphatic rings. The van der Waals surface area contributed by atoms with E-state index in [-0.39, 0.29) is 5.91 Å². The molecule has 17 heavy (non-hydrogen) atoms. The van der Waals surface area contributed by atoms with Crippen molar-refractivity contribution >= 4 is 12.0 Å². The maximum absolute atomic E-state index is 11.7. The van der Waals surface area contributed by atoms with Gasteiger partial charge in [0.2, 0.25) is 0 Å². The minimum atomic E-state index is -0.610. The van der Waals surface area contributed by atoms with Crippen molar-refractivity contribution < 1.29 is 9.63 Å². The number of carbonyl (C=O) groups is 1. The van der Waals surface area contributed by atoms with Crippen LogP contribution in [-0.2, 0) is 16.1 Å². The van der Waals surface area contributed by atoms with Crippen molar-refractivity contribution in [3.05, 3.63) is 42.0 Å². The Balaban J connectivity index is 2.77. The smallest absolute Gasteiger partial charge is 0.263 e. The summed E-state index contributed by atoms with van der Waals surface area (Å²) in [5, 5.41) is 1.14. The summed E-state index contributed by atoms with van der Waals surface area (Å²) in [4.78, 5) is 16.5. The van der Waals surface area contributed by atoms with E-state index < -0.39 is 6.04 Å². The highest BCUT2D eigenvalue weighted by Gasteiger charge is 2.19. The molecule has 0 radical (unpaired) electrons. The number of rotatable bonds is 5. The van der Waals surface area contributed by atoms with Crippen molar-refractivity contribution in [2.45, 2.75) is 12.5 Å². The lowest BCUT2D eigenvalue weighted by molar-refractivity contribution is -0.170. The zero-order valence-electron chi connectivity index (χ0n) is 10.2. The summed E-state index contributed by atoms with van der Waals surface area (Å²) < 4.78 is 0. The molecule has 0 spiro atoms. The van der Waals surface area contributed by atoms with Gasteiger partial charge in [-0.15, -0.1) is 0 Å². The van der Waals surface area contributed by atoms with E-state index in [1.54, 1.807) is 13.1 Å². The minimum absolute atomic E-state index is 0.244. The van der Waals surface area contributed by atoms with Crippen LogP contribution in [0.25, 0.3) is 6.08 Å². The van der Waals surface area contributed by atoms with Crippen LogP contribution in [0.1, 0.15) is 11.1 Å². The van der Waals surface area contributed by atoms with E-state index in [0.29, 0.717) is 6.42 Å². The number of carbonyl (C=O) groups excluding carboxylic acids is 1. The third kappa shape index (κ3) is 3.41. The van der Waals surface area contributed by atoms with Gasteiger partial charge < -0.3 is 5.73 Å². The van der Waals surface area contributed by atoms with Gasteiger partial charge in [-0.25, -0.2) is 5.06 Å². The fourth-order valence-electron chi connectivity index (χ4n) is 1.57. The molecule has 1 aromatic rings. The van der Waals surface area contributed by atoms with Crippen LogP contribution in [0, 0.1) is 0 Å². The molecule has 0 bridgehead atoms. The molecule has 0 heterocycles. The first-order chi connectivity index (χ1) is 8.10. The Hall–Kier alpha value is -1.65. The number of nitrogens with two attached hydrogens (primary N) is 1. The maximum Gasteiger partial charge on any atom is 0.263 e. The number of likely N-dealkylation sites (N-methyl/N-ethyl adjacent to an activating group) is 1. The molecule has 0 aliphatic heterocycles. The molecule has 0 saturated carbocycles. The zero-order chi connectivity index (χ0) is 12.8. The second-order valence-electron chi connectivity index (χ2n) is 3.73. The van der Waals surface area contributed by atoms with Gasteiger partial charge in [-0.2, -0.15) is 0 Å². The normalized spacial score (nSPS) is 11.9. The molecular weight excluding hydrogens is 216 g/mol. The van der Waals surface area contributed by atoms with Gasteiger partial charge in [-0.1, -0.05) is 36.9 Å². The third-order valence-electron chi connectivity index (χ3n) is 2.62. The molecule has 92 valence electrons. The van der Waals surface area contributed by atoms with Gasteiger partial charge in [-0.3, -0.25) is 9.63 Å². The van der Waals surface area contributed by atoms with Crippen LogP contribution in [0.5, 0.6) is 0 Å². The Labute approximate surface area is 102 Å². The standard InChI is InChI=1S/C13H18N2O2/c1-4-10-7-5-6-8-11(10)9-12(14)13(16)15(2)17-3/h4-8,12H,1,9,14H2,2-3H3. The molecule has 0 aromatic heterocycles. The van der Waals surface area contributed by atoms with Crippen molar-refractivity contribution in [3.8, 4) is 0 Å². The SMILES string of the molecule is C=Cc1ccccc1CC(N)C(=O)N(C)OC. The Kier molecular flexibility index (Phi) is 4.87. The van der Waals surface area contributed by atoms with Gasteiger partial charge >= 0.3 is 0 Å². The monoisotopic (exact) mass is 234 g/mol. The molecule has 4 heteroatoms. The molecule has 1 aromatic carbocycles. The van der Waals surface area contributed by atoms with E-state index in [9.17, 15) is 4.79 Å². The second kappa shape index (κ2) is 6.18. The van der Waals surface area contributed by atoms with Crippen LogP contribution in [0.15, 0.2) is 30.8 Å². The van der Waals surface area contributed by atoms with Crippen LogP contribution >= 0.6 is 0 Å². The van der Waals surface area contributed by atoms with E-state index in [2.05, 4.69) is 6.58 Å². The van der Waals surface area contributed by atoms with E-state index in [1.165, 1.54) is 7.11 Å². The van der Waals surface area contributed by atoms with Gasteiger partial charge in [0.15, 0.2) is 0 Å². The molecule has 0 aliphatic carbocycles. The van der Waals surface area contributed by atoms with Crippen LogP contribution in [0.4, 0.5) is 0 Å². The van der Waals surface area contributed by atoms with Gasteiger partial charge in [0, 0.05) is 7.05 Å². The average Bonchev–Trinajstić information content (AvgIpc) is 2.37. The summed E-state index contributed by atoms with van der Waals surface area (Å²) >= 11 is 0. The van der Waals surface area contributed by atoms with Crippen LogP contribution in [0.3, 0.4) is 0 Å². The molecule has 1 amide bonds. The maximum atomic E-state index is 11.7. The summed E-state index contributed by atoms with van der Waals surface area (Å²) in [5.74, 6) is -0.244. The molecule has 1 rings (SSSR count). The predicted octanol–water partition coefficient (Wildman–Crippen LogP) is 1.22. The van der Waals surface area contributed by atoms with Crippen molar-refractivity contribution in [1.29, 1.82) is 0 Å². The summed E-state index contributed by atoms with van der Waals surface area (Å²) in [6.07, 6.45) is 2.22. The zero-order valence-corrected chi connectivity index (χ0v) is 10.2. The van der Waals surface area contributed by atoms with E-state index in [1.807, 2.05) is 24.3 Å². The third-order valence-corrected chi connectivity index (χ3v) is 2.62. The molecular formula is C13H18N2O2. The lowest BCUT2D eigenvalue weighted by atomic mass is 10.0. The van der Waals surface area contributed by atoms with Gasteiger partial charge in [0.05, 0.1) is 13.2 Å². The van der Waals surface area contributed by atoms with Gasteiger partial charge in [-0.05, 0) is 17.5 Å². The minimum Gasteiger partial charge on any atom is -0.320 e. The first-order valence-electron chi connectivity index (χ1n) is 5.37. The van der Waals surface area contributed by atoms with Gasteiger partial charge in [0.25, 0.3) is 5.91 Å². The fraction of sp³-hybridized carbons (Fsp3) is 0.308. The highest BCUT2D eigenvalue weighted by atomic mass is 16.7. The van der Waals surface area contributed by atoms with Crippen LogP contribution in [0.2, 0.25) is 0 Å². The molecule has 2 N–H and O–H groups in total. The summed E-state index contributed by atoms with van der Waals surface area (Å²) in [6, 6.07) is 7.12. The molecule has 0 fully saturated rings. The lowest BCUT2D eigenvalue weighted by Crippen LogP contribution is -2.42. The topological polar surface area (TPSA) is 55.6 Å². The Morgan fingerprint density at radius 1 is 1.59 bits per heavy atom. The number of hydrogen-bond donors (Lipinski definition) is 1. The summed E-state index contributed by atoms with van der Waals surface area (Å²) in [6.45, 7) is 3.73. The van der Waals surface area contributed by atoms with Crippen LogP contribution < -0.4 is 5.73 Å². The Bertz CT molecular complexity index is 404. The number of hydroxylamine groups is 2. The van der Waals surface area contributed by atoms with E-state index >= 15 is 0 Å². The predicted molar refractivity (Wildman–Crippen MR) is 68.0 cm³/mol. The Morgan fingerprint density at radius 3 is 2.82 bits per heavy atom. The number of hydrogen-bond acceptors (Lipinski definition) is 3. The quantitative estimate of drug-likeness (QED) is 0.779. The number of amides is 1. The molecule has 1 atom stereocenters. The Morgan fingerprint density at radius 2 is 2.24 bits per heavy atom. The van der Waals surface area contributed by atoms with Crippen LogP contribution in [-0.4, -0.2) is 31.2 Å². The number of nitrogens with zero attached hydrogens (tertiary/aromatic N) is 1. The number of benzene rings is 1. The molecule has 1 unspecified atom stereocenters. The van der Waals surface area contributed by atoms with Crippen molar-refractivity contribution in [2.24, 2.45) is 5.73 Å². The first kappa shape index (κ1) is 13.4. The average molecular weight is 234 g/mol. The lowest BCUT2D eigenvalue weighted by Gasteiger charge is -2.19.